The van der Waals surface area contributed by atoms with E-state index in [1.165, 1.54) is 5.56 Å². The van der Waals surface area contributed by atoms with Crippen molar-refractivity contribution in [3.05, 3.63) is 64.9 Å². The Bertz CT molecular complexity index is 789. The van der Waals surface area contributed by atoms with Crippen LogP contribution in [0.1, 0.15) is 24.1 Å². The van der Waals surface area contributed by atoms with Gasteiger partial charge in [0, 0.05) is 23.2 Å². The van der Waals surface area contributed by atoms with Crippen molar-refractivity contribution >= 4 is 11.6 Å². The summed E-state index contributed by atoms with van der Waals surface area (Å²) in [6.07, 6.45) is 1.57. The summed E-state index contributed by atoms with van der Waals surface area (Å²) in [7, 11) is 1.66. The van der Waals surface area contributed by atoms with Gasteiger partial charge in [-0.25, -0.2) is 4.68 Å². The maximum Gasteiger partial charge on any atom is 0.143 e. The van der Waals surface area contributed by atoms with Crippen molar-refractivity contribution in [2.75, 3.05) is 7.11 Å². The van der Waals surface area contributed by atoms with Crippen molar-refractivity contribution in [3.63, 3.8) is 0 Å². The molecule has 0 amide bonds. The van der Waals surface area contributed by atoms with Gasteiger partial charge in [0.2, 0.25) is 0 Å². The lowest BCUT2D eigenvalue weighted by Gasteiger charge is -2.16. The third kappa shape index (κ3) is 3.72. The minimum absolute atomic E-state index is 0.177. The van der Waals surface area contributed by atoms with Gasteiger partial charge < -0.3 is 10.1 Å². The van der Waals surface area contributed by atoms with E-state index in [4.69, 9.17) is 16.3 Å². The van der Waals surface area contributed by atoms with Crippen LogP contribution in [0.15, 0.2) is 48.8 Å². The van der Waals surface area contributed by atoms with Gasteiger partial charge in [-0.2, -0.15) is 0 Å². The molecule has 124 valence electrons. The molecule has 1 aromatic heterocycles. The first kappa shape index (κ1) is 16.4. The van der Waals surface area contributed by atoms with Crippen LogP contribution in [0.2, 0.25) is 5.02 Å². The fourth-order valence-corrected chi connectivity index (χ4v) is 2.66. The van der Waals surface area contributed by atoms with Crippen LogP contribution in [0, 0.1) is 0 Å². The topological polar surface area (TPSA) is 64.9 Å². The first-order valence-corrected chi connectivity index (χ1v) is 7.94. The highest BCUT2D eigenvalue weighted by atomic mass is 35.5. The molecule has 0 spiro atoms. The Morgan fingerprint density at radius 2 is 2.00 bits per heavy atom. The third-order valence-electron chi connectivity index (χ3n) is 3.85. The summed E-state index contributed by atoms with van der Waals surface area (Å²) in [4.78, 5) is 0. The molecule has 6 nitrogen and oxygen atoms in total. The Morgan fingerprint density at radius 3 is 2.67 bits per heavy atom. The highest BCUT2D eigenvalue weighted by Crippen LogP contribution is 2.23. The number of benzene rings is 2. The van der Waals surface area contributed by atoms with E-state index in [0.29, 0.717) is 11.6 Å². The number of nitrogens with one attached hydrogen (secondary N) is 1. The van der Waals surface area contributed by atoms with Crippen molar-refractivity contribution < 1.29 is 4.74 Å². The van der Waals surface area contributed by atoms with E-state index >= 15 is 0 Å². The fraction of sp³-hybridized carbons (Fsp3) is 0.235. The quantitative estimate of drug-likeness (QED) is 0.744. The number of tetrazole rings is 1. The first-order chi connectivity index (χ1) is 11.7. The zero-order valence-corrected chi connectivity index (χ0v) is 14.2. The van der Waals surface area contributed by atoms with E-state index in [0.717, 1.165) is 17.0 Å². The van der Waals surface area contributed by atoms with Crippen molar-refractivity contribution in [2.45, 2.75) is 19.5 Å². The molecule has 0 aliphatic carbocycles. The molecular weight excluding hydrogens is 326 g/mol. The first-order valence-electron chi connectivity index (χ1n) is 7.56. The van der Waals surface area contributed by atoms with Crippen LogP contribution >= 0.6 is 11.6 Å². The zero-order valence-electron chi connectivity index (χ0n) is 13.5. The lowest BCUT2D eigenvalue weighted by atomic mass is 10.1. The second-order valence-electron chi connectivity index (χ2n) is 5.40. The molecule has 1 atom stereocenters. The molecule has 0 radical (unpaired) electrons. The number of nitrogens with zero attached hydrogens (tertiary/aromatic N) is 4. The summed E-state index contributed by atoms with van der Waals surface area (Å²) in [6, 6.07) is 13.9. The Balaban J connectivity index is 1.67. The minimum Gasteiger partial charge on any atom is -0.496 e. The van der Waals surface area contributed by atoms with Gasteiger partial charge in [0.1, 0.15) is 12.1 Å². The monoisotopic (exact) mass is 343 g/mol. The molecule has 24 heavy (non-hydrogen) atoms. The van der Waals surface area contributed by atoms with Gasteiger partial charge in [0.05, 0.1) is 12.8 Å². The molecule has 2 aromatic carbocycles. The van der Waals surface area contributed by atoms with E-state index in [1.807, 2.05) is 30.3 Å². The van der Waals surface area contributed by atoms with Crippen LogP contribution in [-0.2, 0) is 6.54 Å². The van der Waals surface area contributed by atoms with E-state index in [2.05, 4.69) is 39.9 Å². The van der Waals surface area contributed by atoms with Gasteiger partial charge in [-0.3, -0.25) is 0 Å². The molecule has 1 heterocycles. The van der Waals surface area contributed by atoms with E-state index in [-0.39, 0.29) is 6.04 Å². The largest absolute Gasteiger partial charge is 0.496 e. The molecular formula is C17H18ClN5O. The summed E-state index contributed by atoms with van der Waals surface area (Å²) < 4.78 is 7.00. The Hall–Kier alpha value is -2.44. The van der Waals surface area contributed by atoms with Crippen LogP contribution in [0.3, 0.4) is 0 Å². The van der Waals surface area contributed by atoms with Crippen LogP contribution in [0.25, 0.3) is 5.69 Å². The van der Waals surface area contributed by atoms with Crippen molar-refractivity contribution in [3.8, 4) is 11.4 Å². The average molecular weight is 344 g/mol. The maximum absolute atomic E-state index is 6.07. The van der Waals surface area contributed by atoms with E-state index < -0.39 is 0 Å². The maximum atomic E-state index is 6.07. The highest BCUT2D eigenvalue weighted by Gasteiger charge is 2.09. The lowest BCUT2D eigenvalue weighted by Crippen LogP contribution is -2.18. The number of aromatic nitrogens is 4. The number of halogens is 1. The van der Waals surface area contributed by atoms with E-state index in [9.17, 15) is 0 Å². The molecule has 7 heteroatoms. The molecule has 0 aliphatic rings. The Kier molecular flexibility index (Phi) is 5.08. The lowest BCUT2D eigenvalue weighted by molar-refractivity contribution is 0.406. The molecule has 3 rings (SSSR count). The Morgan fingerprint density at radius 1 is 1.21 bits per heavy atom. The minimum atomic E-state index is 0.177. The number of ether oxygens (including phenoxy) is 1. The molecule has 3 aromatic rings. The van der Waals surface area contributed by atoms with Crippen molar-refractivity contribution in [1.29, 1.82) is 0 Å². The van der Waals surface area contributed by atoms with Crippen LogP contribution in [0.5, 0.6) is 5.75 Å². The van der Waals surface area contributed by atoms with Crippen LogP contribution in [-0.4, -0.2) is 27.3 Å². The molecule has 0 aliphatic heterocycles. The van der Waals surface area contributed by atoms with Crippen molar-refractivity contribution in [1.82, 2.24) is 25.5 Å². The summed E-state index contributed by atoms with van der Waals surface area (Å²) >= 11 is 6.07. The number of hydrogen-bond donors (Lipinski definition) is 1. The summed E-state index contributed by atoms with van der Waals surface area (Å²) in [5, 5.41) is 15.3. The van der Waals surface area contributed by atoms with Gasteiger partial charge >= 0.3 is 0 Å². The second-order valence-corrected chi connectivity index (χ2v) is 5.84. The molecule has 0 fully saturated rings. The normalized spacial score (nSPS) is 12.1. The molecule has 0 unspecified atom stereocenters. The van der Waals surface area contributed by atoms with Gasteiger partial charge in [0.25, 0.3) is 0 Å². The van der Waals surface area contributed by atoms with Gasteiger partial charge in [-0.05, 0) is 53.2 Å². The zero-order chi connectivity index (χ0) is 16.9. The van der Waals surface area contributed by atoms with Crippen LogP contribution < -0.4 is 10.1 Å². The smallest absolute Gasteiger partial charge is 0.143 e. The van der Waals surface area contributed by atoms with Crippen LogP contribution in [0.4, 0.5) is 0 Å². The molecule has 0 saturated heterocycles. The SMILES string of the molecule is COc1ccc(Cl)cc1CN[C@H](C)c1ccc(-n2cnnn2)cc1. The fourth-order valence-electron chi connectivity index (χ4n) is 2.46. The average Bonchev–Trinajstić information content (AvgIpc) is 3.14. The van der Waals surface area contributed by atoms with Gasteiger partial charge in [-0.1, -0.05) is 23.7 Å². The predicted molar refractivity (Wildman–Crippen MR) is 92.4 cm³/mol. The molecule has 0 bridgehead atoms. The molecule has 0 saturated carbocycles. The second kappa shape index (κ2) is 7.42. The number of rotatable bonds is 6. The van der Waals surface area contributed by atoms with E-state index in [1.54, 1.807) is 18.1 Å². The molecule has 1 N–H and O–H groups in total. The number of methoxy groups -OCH3 is 1. The Labute approximate surface area is 145 Å². The highest BCUT2D eigenvalue weighted by molar-refractivity contribution is 6.30. The number of hydrogen-bond acceptors (Lipinski definition) is 5. The predicted octanol–water partition coefficient (Wildman–Crippen LogP) is 3.18. The van der Waals surface area contributed by atoms with Crippen molar-refractivity contribution in [2.24, 2.45) is 0 Å². The van der Waals surface area contributed by atoms with Gasteiger partial charge in [-0.15, -0.1) is 5.10 Å². The standard InChI is InChI=1S/C17H18ClN5O/c1-12(19-10-14-9-15(18)5-8-17(14)24-2)13-3-6-16(7-4-13)23-11-20-21-22-23/h3-9,11-12,19H,10H2,1-2H3/t12-/m1/s1. The van der Waals surface area contributed by atoms with Gasteiger partial charge in [0.15, 0.2) is 0 Å². The summed E-state index contributed by atoms with van der Waals surface area (Å²) in [5.41, 5.74) is 3.13. The third-order valence-corrected chi connectivity index (χ3v) is 4.08. The summed E-state index contributed by atoms with van der Waals surface area (Å²) in [5.74, 6) is 0.827. The summed E-state index contributed by atoms with van der Waals surface area (Å²) in [6.45, 7) is 2.78.